The maximum Gasteiger partial charge on any atom is 0.411 e. The van der Waals surface area contributed by atoms with Gasteiger partial charge < -0.3 is 15.0 Å². The molecule has 0 saturated carbocycles. The maximum atomic E-state index is 11.9. The Hall–Kier alpha value is -1.61. The number of nitrogens with two attached hydrogens (primary N) is 1. The highest BCUT2D eigenvalue weighted by atomic mass is 32.1. The van der Waals surface area contributed by atoms with Gasteiger partial charge in [-0.25, -0.2) is 0 Å². The van der Waals surface area contributed by atoms with E-state index >= 15 is 0 Å². The molecule has 0 spiro atoms. The lowest BCUT2D eigenvalue weighted by Gasteiger charge is -2.04. The second-order valence-electron chi connectivity index (χ2n) is 3.76. The molecule has 0 aliphatic carbocycles. The molecule has 5 nitrogen and oxygen atoms in total. The van der Waals surface area contributed by atoms with Gasteiger partial charge >= 0.3 is 6.18 Å². The first-order chi connectivity index (χ1) is 8.85. The van der Waals surface area contributed by atoms with E-state index in [-0.39, 0.29) is 18.3 Å². The van der Waals surface area contributed by atoms with Gasteiger partial charge in [0.25, 0.3) is 5.89 Å². The van der Waals surface area contributed by atoms with Crippen LogP contribution in [0.3, 0.4) is 0 Å². The number of nitrogen functional groups attached to an aromatic ring is 1. The van der Waals surface area contributed by atoms with Gasteiger partial charge in [0, 0.05) is 4.88 Å². The Labute approximate surface area is 110 Å². The quantitative estimate of drug-likeness (QED) is 0.938. The van der Waals surface area contributed by atoms with Crippen molar-refractivity contribution in [2.45, 2.75) is 19.7 Å². The van der Waals surface area contributed by atoms with E-state index in [0.29, 0.717) is 10.6 Å². The van der Waals surface area contributed by atoms with Gasteiger partial charge in [0.1, 0.15) is 13.2 Å². The summed E-state index contributed by atoms with van der Waals surface area (Å²) >= 11 is 1.36. The minimum Gasteiger partial charge on any atom is -0.390 e. The highest BCUT2D eigenvalue weighted by Crippen LogP contribution is 2.32. The molecule has 0 amide bonds. The molecule has 0 aromatic carbocycles. The van der Waals surface area contributed by atoms with Crippen LogP contribution in [-0.4, -0.2) is 22.9 Å². The van der Waals surface area contributed by atoms with E-state index in [2.05, 4.69) is 14.9 Å². The molecule has 0 unspecified atom stereocenters. The van der Waals surface area contributed by atoms with Crippen LogP contribution >= 0.6 is 11.3 Å². The number of aromatic nitrogens is 2. The number of hydrogen-bond donors (Lipinski definition) is 1. The van der Waals surface area contributed by atoms with Gasteiger partial charge in [-0.1, -0.05) is 5.16 Å². The van der Waals surface area contributed by atoms with Crippen LogP contribution in [0.1, 0.15) is 10.7 Å². The summed E-state index contributed by atoms with van der Waals surface area (Å²) in [5, 5.41) is 4.05. The van der Waals surface area contributed by atoms with E-state index in [9.17, 15) is 13.2 Å². The van der Waals surface area contributed by atoms with E-state index in [1.54, 1.807) is 6.07 Å². The number of rotatable bonds is 4. The summed E-state index contributed by atoms with van der Waals surface area (Å²) in [5.41, 5.74) is 6.33. The number of ether oxygens (including phenoxy) is 1. The molecule has 2 aromatic heterocycles. The molecule has 0 atom stereocenters. The molecule has 9 heteroatoms. The summed E-state index contributed by atoms with van der Waals surface area (Å²) in [5.74, 6) is 0.218. The molecular weight excluding hydrogens is 283 g/mol. The van der Waals surface area contributed by atoms with Crippen molar-refractivity contribution >= 4 is 16.3 Å². The molecule has 0 aliphatic rings. The molecule has 2 rings (SSSR count). The average molecular weight is 293 g/mol. The number of anilines is 1. The number of thiophene rings is 1. The fraction of sp³-hybridized carbons (Fsp3) is 0.400. The topological polar surface area (TPSA) is 74.2 Å². The minimum absolute atomic E-state index is 0.0440. The van der Waals surface area contributed by atoms with Crippen LogP contribution in [0.25, 0.3) is 11.5 Å². The van der Waals surface area contributed by atoms with Crippen LogP contribution in [0, 0.1) is 6.92 Å². The normalized spacial score (nSPS) is 12.0. The highest BCUT2D eigenvalue weighted by molar-refractivity contribution is 7.16. The first-order valence-corrected chi connectivity index (χ1v) is 6.00. The van der Waals surface area contributed by atoms with E-state index in [1.807, 2.05) is 6.92 Å². The largest absolute Gasteiger partial charge is 0.411 e. The van der Waals surface area contributed by atoms with Gasteiger partial charge in [0.05, 0.1) is 10.6 Å². The van der Waals surface area contributed by atoms with Gasteiger partial charge in [0.15, 0.2) is 5.82 Å². The van der Waals surface area contributed by atoms with Gasteiger partial charge in [-0.05, 0) is 13.0 Å². The van der Waals surface area contributed by atoms with Crippen LogP contribution in [0.2, 0.25) is 0 Å². The summed E-state index contributed by atoms with van der Waals surface area (Å²) in [6, 6.07) is 1.77. The number of aryl methyl sites for hydroxylation is 1. The van der Waals surface area contributed by atoms with Gasteiger partial charge in [-0.3, -0.25) is 0 Å². The van der Waals surface area contributed by atoms with Crippen LogP contribution in [-0.2, 0) is 11.3 Å². The SMILES string of the molecule is Cc1cc(-c2nc(COCC(F)(F)F)no2)c(N)s1. The second-order valence-corrected chi connectivity index (χ2v) is 5.05. The third kappa shape index (κ3) is 3.67. The molecule has 0 radical (unpaired) electrons. The molecule has 19 heavy (non-hydrogen) atoms. The van der Waals surface area contributed by atoms with Crippen molar-refractivity contribution in [1.82, 2.24) is 10.1 Å². The Morgan fingerprint density at radius 3 is 2.79 bits per heavy atom. The van der Waals surface area contributed by atoms with Crippen molar-refractivity contribution in [3.05, 3.63) is 16.8 Å². The van der Waals surface area contributed by atoms with Crippen molar-refractivity contribution in [1.29, 1.82) is 0 Å². The van der Waals surface area contributed by atoms with Crippen molar-refractivity contribution < 1.29 is 22.4 Å². The van der Waals surface area contributed by atoms with Crippen LogP contribution in [0.5, 0.6) is 0 Å². The molecule has 0 fully saturated rings. The number of hydrogen-bond acceptors (Lipinski definition) is 6. The second kappa shape index (κ2) is 5.17. The standard InChI is InChI=1S/C10H10F3N3O2S/c1-5-2-6(8(14)19-5)9-15-7(16-18-9)3-17-4-10(11,12)13/h2H,3-4,14H2,1H3. The lowest BCUT2D eigenvalue weighted by molar-refractivity contribution is -0.177. The summed E-state index contributed by atoms with van der Waals surface area (Å²) < 4.78 is 45.0. The average Bonchev–Trinajstić information content (AvgIpc) is 2.83. The van der Waals surface area contributed by atoms with Gasteiger partial charge in [-0.15, -0.1) is 11.3 Å². The molecule has 2 heterocycles. The zero-order valence-corrected chi connectivity index (χ0v) is 10.6. The monoisotopic (exact) mass is 293 g/mol. The molecular formula is C10H10F3N3O2S. The number of nitrogens with zero attached hydrogens (tertiary/aromatic N) is 2. The zero-order chi connectivity index (χ0) is 14.0. The fourth-order valence-corrected chi connectivity index (χ4v) is 2.16. The van der Waals surface area contributed by atoms with Crippen LogP contribution in [0.4, 0.5) is 18.2 Å². The van der Waals surface area contributed by atoms with Crippen LogP contribution in [0.15, 0.2) is 10.6 Å². The smallest absolute Gasteiger partial charge is 0.390 e. The summed E-state index contributed by atoms with van der Waals surface area (Å²) in [6.07, 6.45) is -4.37. The zero-order valence-electron chi connectivity index (χ0n) is 9.82. The molecule has 0 bridgehead atoms. The number of alkyl halides is 3. The van der Waals surface area contributed by atoms with E-state index in [4.69, 9.17) is 10.3 Å². The molecule has 0 aliphatic heterocycles. The van der Waals surface area contributed by atoms with Crippen molar-refractivity contribution in [2.75, 3.05) is 12.3 Å². The Morgan fingerprint density at radius 2 is 2.21 bits per heavy atom. The van der Waals surface area contributed by atoms with Crippen LogP contribution < -0.4 is 5.73 Å². The Balaban J connectivity index is 2.01. The Morgan fingerprint density at radius 1 is 1.47 bits per heavy atom. The summed E-state index contributed by atoms with van der Waals surface area (Å²) in [4.78, 5) is 4.90. The predicted molar refractivity (Wildman–Crippen MR) is 62.5 cm³/mol. The lowest BCUT2D eigenvalue weighted by atomic mass is 10.3. The van der Waals surface area contributed by atoms with E-state index in [1.165, 1.54) is 11.3 Å². The molecule has 0 saturated heterocycles. The fourth-order valence-electron chi connectivity index (χ4n) is 1.38. The summed E-state index contributed by atoms with van der Waals surface area (Å²) in [7, 11) is 0. The van der Waals surface area contributed by atoms with Crippen molar-refractivity contribution in [3.8, 4) is 11.5 Å². The van der Waals surface area contributed by atoms with Gasteiger partial charge in [-0.2, -0.15) is 18.2 Å². The van der Waals surface area contributed by atoms with E-state index < -0.39 is 12.8 Å². The third-order valence-electron chi connectivity index (χ3n) is 2.08. The first-order valence-electron chi connectivity index (χ1n) is 5.18. The molecule has 104 valence electrons. The predicted octanol–water partition coefficient (Wildman–Crippen LogP) is 2.77. The highest BCUT2D eigenvalue weighted by Gasteiger charge is 2.27. The maximum absolute atomic E-state index is 11.9. The Bertz CT molecular complexity index is 565. The van der Waals surface area contributed by atoms with E-state index in [0.717, 1.165) is 4.88 Å². The Kier molecular flexibility index (Phi) is 3.76. The number of halogens is 3. The van der Waals surface area contributed by atoms with Crippen molar-refractivity contribution in [2.24, 2.45) is 0 Å². The van der Waals surface area contributed by atoms with Gasteiger partial charge in [0.2, 0.25) is 0 Å². The lowest BCUT2D eigenvalue weighted by Crippen LogP contribution is -2.16. The molecule has 2 aromatic rings. The first kappa shape index (κ1) is 13.8. The third-order valence-corrected chi connectivity index (χ3v) is 2.96. The molecule has 2 N–H and O–H groups in total. The summed E-state index contributed by atoms with van der Waals surface area (Å²) in [6.45, 7) is 0.150. The minimum atomic E-state index is -4.37. The van der Waals surface area contributed by atoms with Crippen molar-refractivity contribution in [3.63, 3.8) is 0 Å².